The molecule has 9 heteroatoms. The molecule has 0 amide bonds. The van der Waals surface area contributed by atoms with E-state index in [9.17, 15) is 22.0 Å². The molecule has 4 nitrogen and oxygen atoms in total. The van der Waals surface area contributed by atoms with Crippen molar-refractivity contribution in [3.05, 3.63) is 41.6 Å². The SMILES string of the molecule is Fc1ccc(-c2cn(CCN3CCC(F)C3)c(C3CCNCC3)n2)cc1C(F)(F)F. The first-order valence-electron chi connectivity index (χ1n) is 10.3. The second-order valence-electron chi connectivity index (χ2n) is 8.08. The van der Waals surface area contributed by atoms with E-state index in [2.05, 4.69) is 15.2 Å². The van der Waals surface area contributed by atoms with Crippen molar-refractivity contribution < 1.29 is 22.0 Å². The molecular weight excluding hydrogens is 403 g/mol. The van der Waals surface area contributed by atoms with Crippen molar-refractivity contribution in [2.45, 2.75) is 44.1 Å². The van der Waals surface area contributed by atoms with Crippen LogP contribution in [0.25, 0.3) is 11.3 Å². The number of hydrogen-bond acceptors (Lipinski definition) is 3. The molecule has 0 aliphatic carbocycles. The molecule has 2 saturated heterocycles. The Kier molecular flexibility index (Phi) is 6.11. The molecule has 1 unspecified atom stereocenters. The van der Waals surface area contributed by atoms with Gasteiger partial charge in [0.25, 0.3) is 0 Å². The Labute approximate surface area is 172 Å². The van der Waals surface area contributed by atoms with Gasteiger partial charge in [-0.2, -0.15) is 13.2 Å². The van der Waals surface area contributed by atoms with Crippen molar-refractivity contribution in [3.8, 4) is 11.3 Å². The second kappa shape index (κ2) is 8.63. The summed E-state index contributed by atoms with van der Waals surface area (Å²) < 4.78 is 68.6. The van der Waals surface area contributed by atoms with Gasteiger partial charge in [-0.3, -0.25) is 4.90 Å². The smallest absolute Gasteiger partial charge is 0.333 e. The molecule has 2 aromatic rings. The number of nitrogens with one attached hydrogen (secondary N) is 1. The number of imidazole rings is 1. The van der Waals surface area contributed by atoms with Gasteiger partial charge in [0.15, 0.2) is 0 Å². The van der Waals surface area contributed by atoms with Crippen LogP contribution in [0.15, 0.2) is 24.4 Å². The number of nitrogens with zero attached hydrogens (tertiary/aromatic N) is 3. The Balaban J connectivity index is 1.63. The standard InChI is InChI=1S/C21H25F5N4/c22-16-5-8-29(12-16)9-10-30-13-19(28-20(30)14-3-6-27-7-4-14)15-1-2-18(23)17(11-15)21(24,25)26/h1-2,11,13-14,16,27H,3-10,12H2. The van der Waals surface area contributed by atoms with Gasteiger partial charge in [-0.05, 0) is 50.6 Å². The molecule has 3 heterocycles. The van der Waals surface area contributed by atoms with E-state index in [1.54, 1.807) is 6.20 Å². The average molecular weight is 428 g/mol. The lowest BCUT2D eigenvalue weighted by atomic mass is 9.97. The number of piperidine rings is 1. The van der Waals surface area contributed by atoms with E-state index < -0.39 is 23.7 Å². The van der Waals surface area contributed by atoms with Gasteiger partial charge in [0.2, 0.25) is 0 Å². The molecule has 2 aliphatic rings. The number of alkyl halides is 4. The van der Waals surface area contributed by atoms with Crippen molar-refractivity contribution in [2.24, 2.45) is 0 Å². The quantitative estimate of drug-likeness (QED) is 0.724. The number of aromatic nitrogens is 2. The highest BCUT2D eigenvalue weighted by Crippen LogP contribution is 2.35. The first-order valence-corrected chi connectivity index (χ1v) is 10.3. The largest absolute Gasteiger partial charge is 0.419 e. The molecule has 30 heavy (non-hydrogen) atoms. The predicted molar refractivity (Wildman–Crippen MR) is 103 cm³/mol. The van der Waals surface area contributed by atoms with Crippen LogP contribution >= 0.6 is 0 Å². The molecule has 0 radical (unpaired) electrons. The van der Waals surface area contributed by atoms with E-state index >= 15 is 0 Å². The molecule has 1 N–H and O–H groups in total. The summed E-state index contributed by atoms with van der Waals surface area (Å²) in [5, 5.41) is 3.30. The van der Waals surface area contributed by atoms with Gasteiger partial charge < -0.3 is 9.88 Å². The summed E-state index contributed by atoms with van der Waals surface area (Å²) in [6, 6.07) is 2.99. The summed E-state index contributed by atoms with van der Waals surface area (Å²) >= 11 is 0. The summed E-state index contributed by atoms with van der Waals surface area (Å²) in [6.45, 7) is 4.09. The number of likely N-dealkylation sites (tertiary alicyclic amines) is 1. The van der Waals surface area contributed by atoms with Gasteiger partial charge in [-0.15, -0.1) is 0 Å². The first-order chi connectivity index (χ1) is 14.3. The molecule has 2 aliphatic heterocycles. The fourth-order valence-corrected chi connectivity index (χ4v) is 4.29. The molecule has 164 valence electrons. The van der Waals surface area contributed by atoms with Crippen LogP contribution in [0.2, 0.25) is 0 Å². The number of halogens is 5. The van der Waals surface area contributed by atoms with Crippen LogP contribution in [0.3, 0.4) is 0 Å². The van der Waals surface area contributed by atoms with E-state index in [0.717, 1.165) is 43.9 Å². The monoisotopic (exact) mass is 428 g/mol. The lowest BCUT2D eigenvalue weighted by Gasteiger charge is -2.24. The minimum absolute atomic E-state index is 0.204. The van der Waals surface area contributed by atoms with Crippen LogP contribution in [0, 0.1) is 5.82 Å². The normalized spacial score (nSPS) is 21.4. The zero-order chi connectivity index (χ0) is 21.3. The van der Waals surface area contributed by atoms with Crippen molar-refractivity contribution in [3.63, 3.8) is 0 Å². The van der Waals surface area contributed by atoms with Crippen LogP contribution in [-0.2, 0) is 12.7 Å². The lowest BCUT2D eigenvalue weighted by Crippen LogP contribution is -2.29. The van der Waals surface area contributed by atoms with Crippen LogP contribution < -0.4 is 5.32 Å². The van der Waals surface area contributed by atoms with Crippen LogP contribution in [-0.4, -0.2) is 53.3 Å². The minimum atomic E-state index is -4.76. The third-order valence-electron chi connectivity index (χ3n) is 5.95. The van der Waals surface area contributed by atoms with E-state index in [0.29, 0.717) is 38.3 Å². The maximum atomic E-state index is 13.7. The molecule has 4 rings (SSSR count). The highest BCUT2D eigenvalue weighted by Gasteiger charge is 2.34. The number of hydrogen-bond donors (Lipinski definition) is 1. The Morgan fingerprint density at radius 1 is 1.10 bits per heavy atom. The van der Waals surface area contributed by atoms with Crippen LogP contribution in [0.4, 0.5) is 22.0 Å². The maximum Gasteiger partial charge on any atom is 0.419 e. The van der Waals surface area contributed by atoms with E-state index in [1.165, 1.54) is 6.07 Å². The minimum Gasteiger partial charge on any atom is -0.333 e. The van der Waals surface area contributed by atoms with Crippen molar-refractivity contribution >= 4 is 0 Å². The molecule has 0 spiro atoms. The maximum absolute atomic E-state index is 13.7. The molecular formula is C21H25F5N4. The topological polar surface area (TPSA) is 33.1 Å². The summed E-state index contributed by atoms with van der Waals surface area (Å²) in [5.41, 5.74) is -0.648. The third-order valence-corrected chi connectivity index (χ3v) is 5.95. The highest BCUT2D eigenvalue weighted by atomic mass is 19.4. The Hall–Kier alpha value is -2.00. The molecule has 1 aromatic heterocycles. The Morgan fingerprint density at radius 3 is 2.53 bits per heavy atom. The Bertz CT molecular complexity index is 873. The zero-order valence-electron chi connectivity index (χ0n) is 16.6. The van der Waals surface area contributed by atoms with E-state index in [1.807, 2.05) is 4.57 Å². The van der Waals surface area contributed by atoms with Gasteiger partial charge in [0.1, 0.15) is 17.8 Å². The molecule has 1 atom stereocenters. The number of benzene rings is 1. The second-order valence-corrected chi connectivity index (χ2v) is 8.08. The van der Waals surface area contributed by atoms with Gasteiger partial charge in [-0.1, -0.05) is 0 Å². The summed E-state index contributed by atoms with van der Waals surface area (Å²) in [5.74, 6) is -0.255. The Morgan fingerprint density at radius 2 is 1.87 bits per heavy atom. The van der Waals surface area contributed by atoms with Crippen molar-refractivity contribution in [1.82, 2.24) is 19.8 Å². The van der Waals surface area contributed by atoms with Gasteiger partial charge in [0, 0.05) is 43.9 Å². The molecule has 0 saturated carbocycles. The zero-order valence-corrected chi connectivity index (χ0v) is 16.6. The van der Waals surface area contributed by atoms with Crippen LogP contribution in [0.1, 0.15) is 36.6 Å². The van der Waals surface area contributed by atoms with Gasteiger partial charge in [0.05, 0.1) is 11.3 Å². The molecule has 1 aromatic carbocycles. The average Bonchev–Trinajstić information content (AvgIpc) is 3.32. The van der Waals surface area contributed by atoms with Crippen LogP contribution in [0.5, 0.6) is 0 Å². The van der Waals surface area contributed by atoms with Gasteiger partial charge >= 0.3 is 6.18 Å². The lowest BCUT2D eigenvalue weighted by molar-refractivity contribution is -0.139. The molecule has 0 bridgehead atoms. The van der Waals surface area contributed by atoms with Gasteiger partial charge in [-0.25, -0.2) is 13.8 Å². The van der Waals surface area contributed by atoms with Crippen molar-refractivity contribution in [1.29, 1.82) is 0 Å². The predicted octanol–water partition coefficient (Wildman–Crippen LogP) is 4.22. The fourth-order valence-electron chi connectivity index (χ4n) is 4.29. The molecule has 2 fully saturated rings. The van der Waals surface area contributed by atoms with E-state index in [-0.39, 0.29) is 11.5 Å². The highest BCUT2D eigenvalue weighted by molar-refractivity contribution is 5.60. The summed E-state index contributed by atoms with van der Waals surface area (Å²) in [7, 11) is 0. The fraction of sp³-hybridized carbons (Fsp3) is 0.571. The summed E-state index contributed by atoms with van der Waals surface area (Å²) in [4.78, 5) is 6.72. The summed E-state index contributed by atoms with van der Waals surface area (Å²) in [6.07, 6.45) is -1.50. The van der Waals surface area contributed by atoms with E-state index in [4.69, 9.17) is 0 Å². The first kappa shape index (κ1) is 21.2. The number of rotatable bonds is 5. The third kappa shape index (κ3) is 4.67. The van der Waals surface area contributed by atoms with Crippen molar-refractivity contribution in [2.75, 3.05) is 32.7 Å².